The molecule has 0 amide bonds. The zero-order valence-electron chi connectivity index (χ0n) is 49.0. The van der Waals surface area contributed by atoms with Crippen molar-refractivity contribution in [3.05, 3.63) is 109 Å². The maximum Gasteiger partial charge on any atom is 0.306 e. The third kappa shape index (κ3) is 60.8. The van der Waals surface area contributed by atoms with Crippen molar-refractivity contribution in [1.29, 1.82) is 0 Å². The van der Waals surface area contributed by atoms with E-state index in [2.05, 4.69) is 130 Å². The predicted molar refractivity (Wildman–Crippen MR) is 325 cm³/mol. The van der Waals surface area contributed by atoms with E-state index >= 15 is 0 Å². The molecule has 0 heterocycles. The van der Waals surface area contributed by atoms with Gasteiger partial charge in [0.05, 0.1) is 0 Å². The number of ether oxygens (including phenoxy) is 3. The van der Waals surface area contributed by atoms with Gasteiger partial charge in [-0.15, -0.1) is 0 Å². The van der Waals surface area contributed by atoms with Gasteiger partial charge in [0.1, 0.15) is 13.2 Å². The van der Waals surface area contributed by atoms with Gasteiger partial charge >= 0.3 is 17.9 Å². The van der Waals surface area contributed by atoms with Crippen molar-refractivity contribution < 1.29 is 28.6 Å². The van der Waals surface area contributed by atoms with Crippen LogP contribution in [-0.2, 0) is 28.6 Å². The highest BCUT2D eigenvalue weighted by molar-refractivity contribution is 5.71. The van der Waals surface area contributed by atoms with Crippen LogP contribution in [0.3, 0.4) is 0 Å². The maximum absolute atomic E-state index is 12.9. The smallest absolute Gasteiger partial charge is 0.306 e. The number of esters is 3. The summed E-state index contributed by atoms with van der Waals surface area (Å²) < 4.78 is 16.9. The Bertz CT molecular complexity index is 1520. The normalized spacial score (nSPS) is 12.8. The van der Waals surface area contributed by atoms with Gasteiger partial charge in [0.25, 0.3) is 0 Å². The second kappa shape index (κ2) is 62.6. The van der Waals surface area contributed by atoms with Gasteiger partial charge in [0.2, 0.25) is 0 Å². The number of rotatable bonds is 56. The minimum Gasteiger partial charge on any atom is -0.462 e. The van der Waals surface area contributed by atoms with Crippen molar-refractivity contribution in [1.82, 2.24) is 0 Å². The Labute approximate surface area is 463 Å². The van der Waals surface area contributed by atoms with E-state index in [0.29, 0.717) is 19.3 Å². The molecule has 0 aromatic rings. The largest absolute Gasteiger partial charge is 0.462 e. The Kier molecular flexibility index (Phi) is 59.3. The highest BCUT2D eigenvalue weighted by Gasteiger charge is 2.19. The molecule has 0 radical (unpaired) electrons. The van der Waals surface area contributed by atoms with Crippen LogP contribution in [0.15, 0.2) is 109 Å². The van der Waals surface area contributed by atoms with Crippen LogP contribution in [0.4, 0.5) is 0 Å². The van der Waals surface area contributed by atoms with Gasteiger partial charge in [-0.2, -0.15) is 0 Å². The van der Waals surface area contributed by atoms with Crippen molar-refractivity contribution in [2.45, 2.75) is 297 Å². The molecule has 6 heteroatoms. The first-order valence-corrected chi connectivity index (χ1v) is 31.4. The molecule has 0 saturated heterocycles. The average molecular weight is 1040 g/mol. The van der Waals surface area contributed by atoms with Crippen LogP contribution in [0.1, 0.15) is 290 Å². The lowest BCUT2D eigenvalue weighted by Crippen LogP contribution is -2.30. The molecule has 0 aliphatic carbocycles. The standard InChI is InChI=1S/C69H116O6/c1-4-7-10-13-16-19-22-25-27-29-30-31-32-33-34-35-36-37-38-40-41-44-47-50-53-56-59-62-68(71)74-65-66(64-73-67(70)61-58-55-52-49-46-43-24-21-18-15-12-9-6-3)75-69(72)63-60-57-54-51-48-45-42-39-28-26-23-20-17-14-11-8-5-2/h7-8,10-11,16-17,19-20,25-28,30-31,33-34,42,45,66H,4-6,9,12-15,18,21-24,29,32,35-41,43-44,46-65H2,1-3H3/b10-7-,11-8-,19-16-,20-17-,27-25-,28-26-,31-30-,34-33-,45-42-. The Balaban J connectivity index is 4.32. The molecule has 0 spiro atoms. The third-order valence-electron chi connectivity index (χ3n) is 13.3. The summed E-state index contributed by atoms with van der Waals surface area (Å²) >= 11 is 0. The molecule has 1 unspecified atom stereocenters. The molecular formula is C69H116O6. The van der Waals surface area contributed by atoms with Crippen molar-refractivity contribution in [2.75, 3.05) is 13.2 Å². The first kappa shape index (κ1) is 71.1. The molecule has 0 N–H and O–H groups in total. The van der Waals surface area contributed by atoms with Crippen molar-refractivity contribution in [3.63, 3.8) is 0 Å². The summed E-state index contributed by atoms with van der Waals surface area (Å²) in [5.41, 5.74) is 0. The molecule has 0 aliphatic heterocycles. The van der Waals surface area contributed by atoms with Crippen LogP contribution >= 0.6 is 0 Å². The van der Waals surface area contributed by atoms with Crippen LogP contribution in [0.5, 0.6) is 0 Å². The highest BCUT2D eigenvalue weighted by Crippen LogP contribution is 2.16. The monoisotopic (exact) mass is 1040 g/mol. The molecule has 0 saturated carbocycles. The number of carbonyl (C=O) groups is 3. The first-order chi connectivity index (χ1) is 37.0. The molecular weight excluding hydrogens is 925 g/mol. The van der Waals surface area contributed by atoms with Crippen LogP contribution in [-0.4, -0.2) is 37.2 Å². The molecule has 0 aromatic heterocycles. The average Bonchev–Trinajstić information content (AvgIpc) is 3.41. The van der Waals surface area contributed by atoms with Crippen molar-refractivity contribution in [2.24, 2.45) is 0 Å². The summed E-state index contributed by atoms with van der Waals surface area (Å²) in [5, 5.41) is 0. The fourth-order valence-corrected chi connectivity index (χ4v) is 8.64. The molecule has 75 heavy (non-hydrogen) atoms. The van der Waals surface area contributed by atoms with Crippen molar-refractivity contribution in [3.8, 4) is 0 Å². The summed E-state index contributed by atoms with van der Waals surface area (Å²) in [5.74, 6) is -0.907. The van der Waals surface area contributed by atoms with Gasteiger partial charge in [-0.3, -0.25) is 14.4 Å². The number of carbonyl (C=O) groups excluding carboxylic acids is 3. The van der Waals surface area contributed by atoms with Gasteiger partial charge in [-0.25, -0.2) is 0 Å². The van der Waals surface area contributed by atoms with E-state index < -0.39 is 6.10 Å². The molecule has 428 valence electrons. The molecule has 0 aromatic carbocycles. The number of hydrogen-bond acceptors (Lipinski definition) is 6. The van der Waals surface area contributed by atoms with E-state index in [1.165, 1.54) is 122 Å². The van der Waals surface area contributed by atoms with Gasteiger partial charge in [-0.05, 0) is 103 Å². The number of allylic oxidation sites excluding steroid dienone is 18. The van der Waals surface area contributed by atoms with Crippen LogP contribution in [0, 0.1) is 0 Å². The van der Waals surface area contributed by atoms with Crippen LogP contribution < -0.4 is 0 Å². The molecule has 0 fully saturated rings. The van der Waals surface area contributed by atoms with Gasteiger partial charge in [-0.1, -0.05) is 278 Å². The lowest BCUT2D eigenvalue weighted by molar-refractivity contribution is -0.167. The number of hydrogen-bond donors (Lipinski definition) is 0. The summed E-state index contributed by atoms with van der Waals surface area (Å²) in [6.45, 7) is 6.41. The topological polar surface area (TPSA) is 78.9 Å². The van der Waals surface area contributed by atoms with E-state index in [0.717, 1.165) is 128 Å². The quantitative estimate of drug-likeness (QED) is 0.0261. The van der Waals surface area contributed by atoms with Crippen LogP contribution in [0.25, 0.3) is 0 Å². The Hall–Kier alpha value is -3.93. The summed E-state index contributed by atoms with van der Waals surface area (Å²) in [7, 11) is 0. The molecule has 0 rings (SSSR count). The van der Waals surface area contributed by atoms with E-state index in [1.807, 2.05) is 0 Å². The van der Waals surface area contributed by atoms with E-state index in [9.17, 15) is 14.4 Å². The molecule has 1 atom stereocenters. The highest BCUT2D eigenvalue weighted by atomic mass is 16.6. The minimum absolute atomic E-state index is 0.0870. The Morgan fingerprint density at radius 3 is 0.813 bits per heavy atom. The zero-order chi connectivity index (χ0) is 54.3. The SMILES string of the molecule is CC/C=C\C/C=C\C/C=C\C/C=C\C/C=C\CCCCCCCCCCCCCC(=O)OCC(COC(=O)CCCCCCCCCCCCCCC)OC(=O)CCCCCC/C=C\C/C=C\C/C=C\C/C=C\CC. The number of unbranched alkanes of at least 4 members (excludes halogenated alkanes) is 27. The molecule has 6 nitrogen and oxygen atoms in total. The van der Waals surface area contributed by atoms with Crippen LogP contribution in [0.2, 0.25) is 0 Å². The van der Waals surface area contributed by atoms with E-state index in [-0.39, 0.29) is 31.1 Å². The second-order valence-electron chi connectivity index (χ2n) is 20.6. The fourth-order valence-electron chi connectivity index (χ4n) is 8.64. The zero-order valence-corrected chi connectivity index (χ0v) is 49.0. The van der Waals surface area contributed by atoms with Gasteiger partial charge in [0.15, 0.2) is 6.10 Å². The van der Waals surface area contributed by atoms with Crippen molar-refractivity contribution >= 4 is 17.9 Å². The molecule has 0 bridgehead atoms. The molecule has 0 aliphatic rings. The Morgan fingerprint density at radius 2 is 0.520 bits per heavy atom. The maximum atomic E-state index is 12.9. The second-order valence-corrected chi connectivity index (χ2v) is 20.6. The predicted octanol–water partition coefficient (Wildman–Crippen LogP) is 21.4. The van der Waals surface area contributed by atoms with Gasteiger partial charge < -0.3 is 14.2 Å². The summed E-state index contributed by atoms with van der Waals surface area (Å²) in [6.07, 6.45) is 85.2. The van der Waals surface area contributed by atoms with E-state index in [1.54, 1.807) is 0 Å². The van der Waals surface area contributed by atoms with E-state index in [4.69, 9.17) is 14.2 Å². The first-order valence-electron chi connectivity index (χ1n) is 31.4. The Morgan fingerprint density at radius 1 is 0.280 bits per heavy atom. The third-order valence-corrected chi connectivity index (χ3v) is 13.3. The lowest BCUT2D eigenvalue weighted by atomic mass is 10.0. The minimum atomic E-state index is -0.793. The fraction of sp³-hybridized carbons (Fsp3) is 0.696. The summed E-state index contributed by atoms with van der Waals surface area (Å²) in [6, 6.07) is 0. The van der Waals surface area contributed by atoms with Gasteiger partial charge in [0, 0.05) is 19.3 Å². The summed E-state index contributed by atoms with van der Waals surface area (Å²) in [4.78, 5) is 38.3. The lowest BCUT2D eigenvalue weighted by Gasteiger charge is -2.18.